The van der Waals surface area contributed by atoms with Crippen molar-refractivity contribution in [1.82, 2.24) is 20.1 Å². The predicted octanol–water partition coefficient (Wildman–Crippen LogP) is 1.68. The molecule has 2 aromatic heterocycles. The minimum Gasteiger partial charge on any atom is -0.338 e. The minimum absolute atomic E-state index is 0.00249. The van der Waals surface area contributed by atoms with Gasteiger partial charge in [0.05, 0.1) is 5.56 Å². The largest absolute Gasteiger partial charge is 0.338 e. The molecular weight excluding hydrogens is 280 g/mol. The number of hydrogen-bond donors (Lipinski definition) is 2. The third-order valence-corrected chi connectivity index (χ3v) is 4.26. The number of piperidine rings is 1. The van der Waals surface area contributed by atoms with E-state index in [0.29, 0.717) is 30.1 Å². The van der Waals surface area contributed by atoms with Crippen LogP contribution in [0.3, 0.4) is 0 Å². The summed E-state index contributed by atoms with van der Waals surface area (Å²) in [6, 6.07) is 5.03. The summed E-state index contributed by atoms with van der Waals surface area (Å²) in [5.41, 5.74) is 2.23. The number of likely N-dealkylation sites (tertiary alicyclic amines) is 1. The number of hydrogen-bond acceptors (Lipinski definition) is 3. The van der Waals surface area contributed by atoms with Crippen LogP contribution < -0.4 is 5.56 Å². The van der Waals surface area contributed by atoms with E-state index in [1.165, 1.54) is 6.07 Å². The van der Waals surface area contributed by atoms with Crippen molar-refractivity contribution in [1.29, 1.82) is 0 Å². The zero-order chi connectivity index (χ0) is 15.5. The molecule has 1 saturated heterocycles. The Kier molecular flexibility index (Phi) is 4.09. The Hall–Kier alpha value is -2.37. The molecule has 1 atom stereocenters. The maximum atomic E-state index is 12.8. The highest BCUT2D eigenvalue weighted by atomic mass is 16.2. The number of nitrogens with one attached hydrogen (secondary N) is 2. The second-order valence-electron chi connectivity index (χ2n) is 5.67. The molecule has 3 rings (SSSR count). The van der Waals surface area contributed by atoms with E-state index >= 15 is 0 Å². The highest BCUT2D eigenvalue weighted by Crippen LogP contribution is 2.26. The van der Waals surface area contributed by atoms with Gasteiger partial charge in [-0.3, -0.25) is 14.7 Å². The van der Waals surface area contributed by atoms with E-state index in [-0.39, 0.29) is 11.5 Å². The van der Waals surface area contributed by atoms with Crippen LogP contribution in [0.15, 0.2) is 29.2 Å². The second kappa shape index (κ2) is 6.17. The van der Waals surface area contributed by atoms with Gasteiger partial charge in [-0.25, -0.2) is 0 Å². The lowest BCUT2D eigenvalue weighted by molar-refractivity contribution is 0.0704. The first kappa shape index (κ1) is 14.6. The average molecular weight is 300 g/mol. The van der Waals surface area contributed by atoms with Gasteiger partial charge < -0.3 is 9.88 Å². The summed E-state index contributed by atoms with van der Waals surface area (Å²) in [4.78, 5) is 28.8. The van der Waals surface area contributed by atoms with Crippen LogP contribution in [0.5, 0.6) is 0 Å². The zero-order valence-corrected chi connectivity index (χ0v) is 12.6. The van der Waals surface area contributed by atoms with Gasteiger partial charge in [0, 0.05) is 42.7 Å². The zero-order valence-electron chi connectivity index (χ0n) is 12.6. The molecule has 1 amide bonds. The molecule has 0 radical (unpaired) electrons. The fraction of sp³-hybridized carbons (Fsp3) is 0.438. The van der Waals surface area contributed by atoms with Gasteiger partial charge in [0.15, 0.2) is 0 Å². The van der Waals surface area contributed by atoms with E-state index < -0.39 is 0 Å². The summed E-state index contributed by atoms with van der Waals surface area (Å²) in [6.07, 6.45) is 4.40. The van der Waals surface area contributed by atoms with Gasteiger partial charge in [-0.05, 0) is 31.4 Å². The first-order valence-corrected chi connectivity index (χ1v) is 7.69. The standard InChI is InChI=1S/C16H20N4O2/c1-2-13-12(5-6-15(21)18-13)16(22)20-9-3-4-11(10-20)14-7-8-17-19-14/h5-8,11H,2-4,9-10H2,1H3,(H,17,19)(H,18,21). The van der Waals surface area contributed by atoms with E-state index in [1.54, 1.807) is 12.3 Å². The highest BCUT2D eigenvalue weighted by molar-refractivity contribution is 5.95. The van der Waals surface area contributed by atoms with E-state index in [1.807, 2.05) is 17.9 Å². The van der Waals surface area contributed by atoms with E-state index in [2.05, 4.69) is 15.2 Å². The van der Waals surface area contributed by atoms with Crippen LogP contribution in [-0.4, -0.2) is 39.1 Å². The summed E-state index contributed by atoms with van der Waals surface area (Å²) < 4.78 is 0. The SMILES string of the molecule is CCc1[nH]c(=O)ccc1C(=O)N1CCCC(c2ccn[nH]2)C1. The van der Waals surface area contributed by atoms with Gasteiger partial charge >= 0.3 is 0 Å². The smallest absolute Gasteiger partial charge is 0.255 e. The molecule has 2 aromatic rings. The molecule has 116 valence electrons. The fourth-order valence-electron chi connectivity index (χ4n) is 3.08. The Morgan fingerprint density at radius 1 is 1.41 bits per heavy atom. The molecule has 0 bridgehead atoms. The van der Waals surface area contributed by atoms with Crippen LogP contribution in [-0.2, 0) is 6.42 Å². The van der Waals surface area contributed by atoms with Gasteiger partial charge in [-0.2, -0.15) is 5.10 Å². The first-order chi connectivity index (χ1) is 10.7. The highest BCUT2D eigenvalue weighted by Gasteiger charge is 2.27. The molecule has 3 heterocycles. The number of aromatic amines is 2. The van der Waals surface area contributed by atoms with Crippen LogP contribution in [0.2, 0.25) is 0 Å². The number of carbonyl (C=O) groups is 1. The summed E-state index contributed by atoms with van der Waals surface area (Å²) in [7, 11) is 0. The number of aromatic nitrogens is 3. The van der Waals surface area contributed by atoms with Gasteiger partial charge in [0.1, 0.15) is 0 Å². The van der Waals surface area contributed by atoms with Crippen molar-refractivity contribution in [3.05, 3.63) is 51.7 Å². The lowest BCUT2D eigenvalue weighted by Gasteiger charge is -2.32. The molecule has 0 aromatic carbocycles. The number of H-pyrrole nitrogens is 2. The van der Waals surface area contributed by atoms with Gasteiger partial charge in [-0.15, -0.1) is 0 Å². The molecule has 1 aliphatic rings. The Morgan fingerprint density at radius 3 is 3.00 bits per heavy atom. The minimum atomic E-state index is -0.164. The Morgan fingerprint density at radius 2 is 2.27 bits per heavy atom. The molecule has 2 N–H and O–H groups in total. The third kappa shape index (κ3) is 2.81. The summed E-state index contributed by atoms with van der Waals surface area (Å²) >= 11 is 0. The van der Waals surface area contributed by atoms with E-state index in [0.717, 1.165) is 25.1 Å². The van der Waals surface area contributed by atoms with Crippen LogP contribution in [0.1, 0.15) is 47.4 Å². The molecule has 6 nitrogen and oxygen atoms in total. The molecule has 6 heteroatoms. The lowest BCUT2D eigenvalue weighted by Crippen LogP contribution is -2.40. The van der Waals surface area contributed by atoms with Crippen molar-refractivity contribution >= 4 is 5.91 Å². The van der Waals surface area contributed by atoms with Gasteiger partial charge in [0.2, 0.25) is 5.56 Å². The predicted molar refractivity (Wildman–Crippen MR) is 82.9 cm³/mol. The molecule has 0 spiro atoms. The topological polar surface area (TPSA) is 81.8 Å². The number of pyridine rings is 1. The number of amides is 1. The normalized spacial score (nSPS) is 18.4. The van der Waals surface area contributed by atoms with Crippen LogP contribution in [0, 0.1) is 0 Å². The monoisotopic (exact) mass is 300 g/mol. The third-order valence-electron chi connectivity index (χ3n) is 4.26. The molecule has 1 aliphatic heterocycles. The maximum absolute atomic E-state index is 12.8. The average Bonchev–Trinajstić information content (AvgIpc) is 3.08. The van der Waals surface area contributed by atoms with E-state index in [4.69, 9.17) is 0 Å². The van der Waals surface area contributed by atoms with Crippen LogP contribution in [0.25, 0.3) is 0 Å². The Balaban J connectivity index is 1.81. The number of carbonyl (C=O) groups excluding carboxylic acids is 1. The molecule has 1 unspecified atom stereocenters. The van der Waals surface area contributed by atoms with Crippen LogP contribution in [0.4, 0.5) is 0 Å². The number of rotatable bonds is 3. The molecule has 1 fully saturated rings. The lowest BCUT2D eigenvalue weighted by atomic mass is 9.94. The number of aryl methyl sites for hydroxylation is 1. The Bertz CT molecular complexity index is 705. The molecule has 0 saturated carbocycles. The van der Waals surface area contributed by atoms with Gasteiger partial charge in [-0.1, -0.05) is 6.92 Å². The summed E-state index contributed by atoms with van der Waals surface area (Å²) in [5.74, 6) is 0.297. The quantitative estimate of drug-likeness (QED) is 0.905. The maximum Gasteiger partial charge on any atom is 0.255 e. The van der Waals surface area contributed by atoms with Crippen molar-refractivity contribution in [3.63, 3.8) is 0 Å². The van der Waals surface area contributed by atoms with Gasteiger partial charge in [0.25, 0.3) is 5.91 Å². The van der Waals surface area contributed by atoms with Crippen molar-refractivity contribution in [3.8, 4) is 0 Å². The van der Waals surface area contributed by atoms with Crippen molar-refractivity contribution in [2.75, 3.05) is 13.1 Å². The van der Waals surface area contributed by atoms with Crippen molar-refractivity contribution in [2.45, 2.75) is 32.1 Å². The molecular formula is C16H20N4O2. The van der Waals surface area contributed by atoms with Crippen molar-refractivity contribution < 1.29 is 4.79 Å². The van der Waals surface area contributed by atoms with Crippen LogP contribution >= 0.6 is 0 Å². The fourth-order valence-corrected chi connectivity index (χ4v) is 3.08. The Labute approximate surface area is 128 Å². The second-order valence-corrected chi connectivity index (χ2v) is 5.67. The summed E-state index contributed by atoms with van der Waals surface area (Å²) in [6.45, 7) is 3.38. The first-order valence-electron chi connectivity index (χ1n) is 7.69. The number of nitrogens with zero attached hydrogens (tertiary/aromatic N) is 2. The summed E-state index contributed by atoms with van der Waals surface area (Å²) in [5, 5.41) is 7.00. The molecule has 22 heavy (non-hydrogen) atoms. The van der Waals surface area contributed by atoms with E-state index in [9.17, 15) is 9.59 Å². The molecule has 0 aliphatic carbocycles. The van der Waals surface area contributed by atoms with Crippen molar-refractivity contribution in [2.24, 2.45) is 0 Å².